The van der Waals surface area contributed by atoms with Crippen LogP contribution < -0.4 is 0 Å². The lowest BCUT2D eigenvalue weighted by Gasteiger charge is -2.55. The van der Waals surface area contributed by atoms with Crippen LogP contribution in [0.5, 0.6) is 0 Å². The zero-order chi connectivity index (χ0) is 25.5. The number of ether oxygens (including phenoxy) is 2. The molecule has 37 heavy (non-hydrogen) atoms. The molecule has 5 rings (SSSR count). The molecule has 0 radical (unpaired) electrons. The second-order valence-corrected chi connectivity index (χ2v) is 14.3. The number of unbranched alkanes of at least 4 members (excludes halogenated alkanes) is 5. The van der Waals surface area contributed by atoms with Gasteiger partial charge in [-0.05, 0) is 80.0 Å². The quantitative estimate of drug-likeness (QED) is 0.270. The van der Waals surface area contributed by atoms with E-state index in [1.807, 2.05) is 0 Å². The number of rotatable bonds is 10. The highest BCUT2D eigenvalue weighted by atomic mass is 16.5. The van der Waals surface area contributed by atoms with Gasteiger partial charge >= 0.3 is 0 Å². The molecule has 2 heteroatoms. The molecular formula is C35H62O2. The van der Waals surface area contributed by atoms with Crippen LogP contribution in [0.2, 0.25) is 0 Å². The highest BCUT2D eigenvalue weighted by Crippen LogP contribution is 2.56. The third-order valence-electron chi connectivity index (χ3n) is 12.2. The van der Waals surface area contributed by atoms with Gasteiger partial charge in [-0.2, -0.15) is 0 Å². The van der Waals surface area contributed by atoms with Gasteiger partial charge in [0.1, 0.15) is 0 Å². The summed E-state index contributed by atoms with van der Waals surface area (Å²) in [4.78, 5) is 0. The van der Waals surface area contributed by atoms with E-state index in [4.69, 9.17) is 9.47 Å². The van der Waals surface area contributed by atoms with Gasteiger partial charge in [0, 0.05) is 5.92 Å². The minimum Gasteiger partial charge on any atom is -0.378 e. The number of hydrogen-bond acceptors (Lipinski definition) is 2. The molecule has 9 atom stereocenters. The summed E-state index contributed by atoms with van der Waals surface area (Å²) in [6.45, 7) is 6.68. The standard InChI is InChI=1S/C35H62O2/c1-3-5-6-7-8-9-15-26(14-4-2)29-24-36-32-22-20-27-16-10-12-18-30(27)34(32)35-31-19-13-11-17-28(31)21-23-33(35)37-25-29/h26-35H,3-25H2,1-2H3. The summed E-state index contributed by atoms with van der Waals surface area (Å²) < 4.78 is 14.3. The molecule has 0 aromatic rings. The van der Waals surface area contributed by atoms with E-state index in [1.165, 1.54) is 135 Å². The average molecular weight is 515 g/mol. The molecule has 5 aliphatic rings. The lowest BCUT2D eigenvalue weighted by molar-refractivity contribution is -0.140. The molecule has 1 heterocycles. The van der Waals surface area contributed by atoms with Gasteiger partial charge in [-0.25, -0.2) is 0 Å². The molecule has 0 N–H and O–H groups in total. The van der Waals surface area contributed by atoms with Crippen molar-refractivity contribution in [1.29, 1.82) is 0 Å². The Labute approximate surface area is 230 Å². The molecule has 2 nitrogen and oxygen atoms in total. The van der Waals surface area contributed by atoms with Gasteiger partial charge in [0.15, 0.2) is 0 Å². The monoisotopic (exact) mass is 514 g/mol. The van der Waals surface area contributed by atoms with Crippen LogP contribution in [0.3, 0.4) is 0 Å². The van der Waals surface area contributed by atoms with E-state index in [1.54, 1.807) is 0 Å². The fourth-order valence-corrected chi connectivity index (χ4v) is 10.3. The van der Waals surface area contributed by atoms with Gasteiger partial charge in [0.05, 0.1) is 25.4 Å². The maximum Gasteiger partial charge on any atom is 0.0610 e. The van der Waals surface area contributed by atoms with Crippen LogP contribution >= 0.6 is 0 Å². The SMILES string of the molecule is CCCCCCCCC(CCC)C1COC2CCC3CCCCC3C2C2C(CCC3CCCCC32)OC1. The van der Waals surface area contributed by atoms with Crippen molar-refractivity contribution in [3.05, 3.63) is 0 Å². The van der Waals surface area contributed by atoms with Crippen LogP contribution in [0.15, 0.2) is 0 Å². The summed E-state index contributed by atoms with van der Waals surface area (Å²) in [5.74, 6) is 6.81. The third kappa shape index (κ3) is 6.99. The van der Waals surface area contributed by atoms with Gasteiger partial charge in [-0.1, -0.05) is 110 Å². The van der Waals surface area contributed by atoms with Crippen molar-refractivity contribution in [3.63, 3.8) is 0 Å². The summed E-state index contributed by atoms with van der Waals surface area (Å²) in [5, 5.41) is 0. The Morgan fingerprint density at radius 1 is 0.541 bits per heavy atom. The second kappa shape index (κ2) is 14.5. The van der Waals surface area contributed by atoms with Crippen molar-refractivity contribution in [3.8, 4) is 0 Å². The molecule has 4 saturated carbocycles. The Kier molecular flexibility index (Phi) is 11.2. The number of fused-ring (bicyclic) bond motifs is 7. The van der Waals surface area contributed by atoms with E-state index in [-0.39, 0.29) is 0 Å². The Morgan fingerprint density at radius 3 is 1.65 bits per heavy atom. The normalized spacial score (nSPS) is 41.2. The molecule has 1 saturated heterocycles. The second-order valence-electron chi connectivity index (χ2n) is 14.3. The number of hydrogen-bond donors (Lipinski definition) is 0. The van der Waals surface area contributed by atoms with Crippen LogP contribution in [0, 0.1) is 47.3 Å². The van der Waals surface area contributed by atoms with E-state index in [2.05, 4.69) is 13.8 Å². The van der Waals surface area contributed by atoms with Crippen molar-refractivity contribution >= 4 is 0 Å². The van der Waals surface area contributed by atoms with Crippen molar-refractivity contribution in [1.82, 2.24) is 0 Å². The van der Waals surface area contributed by atoms with Crippen molar-refractivity contribution in [2.24, 2.45) is 47.3 Å². The highest BCUT2D eigenvalue weighted by Gasteiger charge is 2.53. The van der Waals surface area contributed by atoms with Crippen molar-refractivity contribution in [2.75, 3.05) is 13.2 Å². The molecule has 0 aromatic heterocycles. The first-order chi connectivity index (χ1) is 18.3. The predicted molar refractivity (Wildman–Crippen MR) is 156 cm³/mol. The molecule has 1 aliphatic heterocycles. The van der Waals surface area contributed by atoms with Gasteiger partial charge < -0.3 is 9.47 Å². The fourth-order valence-electron chi connectivity index (χ4n) is 10.3. The molecular weight excluding hydrogens is 452 g/mol. The lowest BCUT2D eigenvalue weighted by atomic mass is 9.53. The highest BCUT2D eigenvalue weighted by molar-refractivity contribution is 5.02. The largest absolute Gasteiger partial charge is 0.378 e. The van der Waals surface area contributed by atoms with Gasteiger partial charge in [-0.15, -0.1) is 0 Å². The summed E-state index contributed by atoms with van der Waals surface area (Å²) in [6.07, 6.45) is 31.0. The van der Waals surface area contributed by atoms with Gasteiger partial charge in [0.2, 0.25) is 0 Å². The van der Waals surface area contributed by atoms with Crippen LogP contribution in [0.25, 0.3) is 0 Å². The molecule has 0 spiro atoms. The minimum absolute atomic E-state index is 0.521. The van der Waals surface area contributed by atoms with E-state index >= 15 is 0 Å². The van der Waals surface area contributed by atoms with Crippen molar-refractivity contribution < 1.29 is 9.47 Å². The zero-order valence-electron chi connectivity index (χ0n) is 24.9. The van der Waals surface area contributed by atoms with E-state index in [9.17, 15) is 0 Å². The topological polar surface area (TPSA) is 18.5 Å². The lowest BCUT2D eigenvalue weighted by Crippen LogP contribution is -2.53. The van der Waals surface area contributed by atoms with Crippen LogP contribution in [-0.4, -0.2) is 25.4 Å². The summed E-state index contributed by atoms with van der Waals surface area (Å²) >= 11 is 0. The summed E-state index contributed by atoms with van der Waals surface area (Å²) in [6, 6.07) is 0. The zero-order valence-corrected chi connectivity index (χ0v) is 24.9. The molecule has 0 bridgehead atoms. The molecule has 214 valence electrons. The Morgan fingerprint density at radius 2 is 1.08 bits per heavy atom. The Balaban J connectivity index is 1.32. The Hall–Kier alpha value is -0.0800. The van der Waals surface area contributed by atoms with E-state index < -0.39 is 0 Å². The summed E-state index contributed by atoms with van der Waals surface area (Å²) in [7, 11) is 0. The van der Waals surface area contributed by atoms with E-state index in [0.29, 0.717) is 18.1 Å². The van der Waals surface area contributed by atoms with Crippen LogP contribution in [0.4, 0.5) is 0 Å². The maximum absolute atomic E-state index is 7.16. The summed E-state index contributed by atoms with van der Waals surface area (Å²) in [5.41, 5.74) is 0. The average Bonchev–Trinajstić information content (AvgIpc) is 3.02. The van der Waals surface area contributed by atoms with Gasteiger partial charge in [-0.3, -0.25) is 0 Å². The fraction of sp³-hybridized carbons (Fsp3) is 1.00. The third-order valence-corrected chi connectivity index (χ3v) is 12.2. The van der Waals surface area contributed by atoms with E-state index in [0.717, 1.165) is 54.6 Å². The Bertz CT molecular complexity index is 605. The molecule has 0 amide bonds. The maximum atomic E-state index is 7.16. The van der Waals surface area contributed by atoms with Crippen LogP contribution in [0.1, 0.15) is 149 Å². The van der Waals surface area contributed by atoms with Gasteiger partial charge in [0.25, 0.3) is 0 Å². The van der Waals surface area contributed by atoms with Crippen molar-refractivity contribution in [2.45, 2.75) is 161 Å². The minimum atomic E-state index is 0.521. The molecule has 4 aliphatic carbocycles. The molecule has 0 aromatic carbocycles. The first kappa shape index (κ1) is 28.4. The predicted octanol–water partition coefficient (Wildman–Crippen LogP) is 9.99. The van der Waals surface area contributed by atoms with Crippen LogP contribution in [-0.2, 0) is 9.47 Å². The molecule has 9 unspecified atom stereocenters. The smallest absolute Gasteiger partial charge is 0.0610 e. The first-order valence-corrected chi connectivity index (χ1v) is 17.5. The molecule has 5 fully saturated rings. The first-order valence-electron chi connectivity index (χ1n) is 17.5.